The van der Waals surface area contributed by atoms with Gasteiger partial charge in [0.2, 0.25) is 11.8 Å². The molecule has 1 aromatic rings. The average Bonchev–Trinajstić information content (AvgIpc) is 2.97. The van der Waals surface area contributed by atoms with Crippen molar-refractivity contribution in [2.24, 2.45) is 0 Å². The minimum atomic E-state index is -0.490. The first-order chi connectivity index (χ1) is 11.5. The zero-order valence-corrected chi connectivity index (χ0v) is 14.2. The van der Waals surface area contributed by atoms with Gasteiger partial charge in [-0.25, -0.2) is 0 Å². The van der Waals surface area contributed by atoms with Gasteiger partial charge in [0.15, 0.2) is 0 Å². The third kappa shape index (κ3) is 3.24. The van der Waals surface area contributed by atoms with E-state index in [0.29, 0.717) is 30.0 Å². The Labute approximate surface area is 145 Å². The van der Waals surface area contributed by atoms with Crippen LogP contribution in [0.1, 0.15) is 36.5 Å². The van der Waals surface area contributed by atoms with Crippen LogP contribution in [0.2, 0.25) is 5.02 Å². The first kappa shape index (κ1) is 16.8. The number of nitrogens with zero attached hydrogens (tertiary/aromatic N) is 1. The van der Waals surface area contributed by atoms with Crippen molar-refractivity contribution in [3.05, 3.63) is 34.9 Å². The summed E-state index contributed by atoms with van der Waals surface area (Å²) in [6.45, 7) is 2.34. The molecule has 2 fully saturated rings. The van der Waals surface area contributed by atoms with E-state index in [4.69, 9.17) is 11.6 Å². The molecule has 2 N–H and O–H groups in total. The van der Waals surface area contributed by atoms with Crippen molar-refractivity contribution >= 4 is 29.3 Å². The highest BCUT2D eigenvalue weighted by atomic mass is 35.5. The topological polar surface area (TPSA) is 78.5 Å². The fourth-order valence-corrected chi connectivity index (χ4v) is 3.54. The first-order valence-electron chi connectivity index (χ1n) is 8.17. The third-order valence-corrected chi connectivity index (χ3v) is 4.74. The number of rotatable bonds is 4. The average molecular weight is 350 g/mol. The number of piperazine rings is 1. The van der Waals surface area contributed by atoms with Crippen LogP contribution in [0, 0.1) is 0 Å². The molecule has 0 bridgehead atoms. The molecular formula is C17H20ClN3O3. The largest absolute Gasteiger partial charge is 0.347 e. The van der Waals surface area contributed by atoms with Gasteiger partial charge in [-0.2, -0.15) is 0 Å². The maximum Gasteiger partial charge on any atom is 0.251 e. The molecule has 0 spiro atoms. The molecule has 2 heterocycles. The number of amides is 3. The van der Waals surface area contributed by atoms with Crippen LogP contribution in [0.3, 0.4) is 0 Å². The summed E-state index contributed by atoms with van der Waals surface area (Å²) < 4.78 is 0. The van der Waals surface area contributed by atoms with Gasteiger partial charge in [0.1, 0.15) is 12.1 Å². The minimum Gasteiger partial charge on any atom is -0.347 e. The molecule has 2 aliphatic heterocycles. The maximum atomic E-state index is 12.5. The van der Waals surface area contributed by atoms with Gasteiger partial charge in [0.05, 0.1) is 0 Å². The Kier molecular flexibility index (Phi) is 4.76. The summed E-state index contributed by atoms with van der Waals surface area (Å²) in [6.07, 6.45) is 1.89. The highest BCUT2D eigenvalue weighted by Gasteiger charge is 2.46. The molecule has 3 atom stereocenters. The second-order valence-corrected chi connectivity index (χ2v) is 6.71. The lowest BCUT2D eigenvalue weighted by Crippen LogP contribution is -2.61. The molecule has 0 aromatic heterocycles. The van der Waals surface area contributed by atoms with Crippen molar-refractivity contribution in [1.82, 2.24) is 15.5 Å². The molecular weight excluding hydrogens is 330 g/mol. The maximum absolute atomic E-state index is 12.5. The third-order valence-electron chi connectivity index (χ3n) is 4.50. The molecule has 24 heavy (non-hydrogen) atoms. The predicted molar refractivity (Wildman–Crippen MR) is 89.7 cm³/mol. The van der Waals surface area contributed by atoms with Crippen molar-refractivity contribution < 1.29 is 14.4 Å². The molecule has 2 saturated heterocycles. The molecule has 2 aliphatic rings. The van der Waals surface area contributed by atoms with E-state index >= 15 is 0 Å². The Morgan fingerprint density at radius 1 is 1.42 bits per heavy atom. The van der Waals surface area contributed by atoms with E-state index in [0.717, 1.165) is 6.42 Å². The highest BCUT2D eigenvalue weighted by molar-refractivity contribution is 6.30. The van der Waals surface area contributed by atoms with Gasteiger partial charge in [-0.3, -0.25) is 14.4 Å². The smallest absolute Gasteiger partial charge is 0.251 e. The molecule has 0 radical (unpaired) electrons. The van der Waals surface area contributed by atoms with E-state index in [-0.39, 0.29) is 23.8 Å². The van der Waals surface area contributed by atoms with Gasteiger partial charge in [0.25, 0.3) is 5.91 Å². The SMILES string of the molecule is CCC[C@@H]1NC(=O)[C@@H]2C[C@H](NC(=O)c3cccc(Cl)c3)CN2C1=O. The van der Waals surface area contributed by atoms with Gasteiger partial charge in [0, 0.05) is 23.2 Å². The number of halogens is 1. The van der Waals surface area contributed by atoms with Crippen LogP contribution in [0.5, 0.6) is 0 Å². The van der Waals surface area contributed by atoms with E-state index < -0.39 is 12.1 Å². The number of hydrogen-bond acceptors (Lipinski definition) is 3. The summed E-state index contributed by atoms with van der Waals surface area (Å²) in [5.41, 5.74) is 0.465. The number of hydrogen-bond donors (Lipinski definition) is 2. The van der Waals surface area contributed by atoms with Gasteiger partial charge < -0.3 is 15.5 Å². The van der Waals surface area contributed by atoms with Crippen LogP contribution in [0.25, 0.3) is 0 Å². The number of carbonyl (C=O) groups excluding carboxylic acids is 3. The van der Waals surface area contributed by atoms with E-state index in [1.165, 1.54) is 0 Å². The number of fused-ring (bicyclic) bond motifs is 1. The predicted octanol–water partition coefficient (Wildman–Crippen LogP) is 1.34. The Morgan fingerprint density at radius 3 is 2.92 bits per heavy atom. The molecule has 7 heteroatoms. The summed E-state index contributed by atoms with van der Waals surface area (Å²) in [7, 11) is 0. The zero-order chi connectivity index (χ0) is 17.3. The second kappa shape index (κ2) is 6.81. The second-order valence-electron chi connectivity index (χ2n) is 6.27. The molecule has 3 rings (SSSR count). The van der Waals surface area contributed by atoms with Gasteiger partial charge >= 0.3 is 0 Å². The molecule has 3 amide bonds. The molecule has 128 valence electrons. The zero-order valence-electron chi connectivity index (χ0n) is 13.4. The van der Waals surface area contributed by atoms with Crippen LogP contribution >= 0.6 is 11.6 Å². The van der Waals surface area contributed by atoms with Crippen LogP contribution in [-0.2, 0) is 9.59 Å². The van der Waals surface area contributed by atoms with Crippen LogP contribution in [-0.4, -0.2) is 47.3 Å². The lowest BCUT2D eigenvalue weighted by Gasteiger charge is -2.34. The number of carbonyl (C=O) groups is 3. The monoisotopic (exact) mass is 349 g/mol. The lowest BCUT2D eigenvalue weighted by atomic mass is 10.0. The highest BCUT2D eigenvalue weighted by Crippen LogP contribution is 2.24. The molecule has 6 nitrogen and oxygen atoms in total. The fraction of sp³-hybridized carbons (Fsp3) is 0.471. The summed E-state index contributed by atoms with van der Waals surface area (Å²) in [6, 6.07) is 5.51. The van der Waals surface area contributed by atoms with Gasteiger partial charge in [-0.05, 0) is 31.0 Å². The number of benzene rings is 1. The Morgan fingerprint density at radius 2 is 2.21 bits per heavy atom. The lowest BCUT2D eigenvalue weighted by molar-refractivity contribution is -0.147. The first-order valence-corrected chi connectivity index (χ1v) is 8.54. The Balaban J connectivity index is 1.67. The van der Waals surface area contributed by atoms with Crippen LogP contribution in [0.15, 0.2) is 24.3 Å². The summed E-state index contributed by atoms with van der Waals surface area (Å²) in [5, 5.41) is 6.18. The Bertz CT molecular complexity index is 679. The van der Waals surface area contributed by atoms with E-state index in [1.54, 1.807) is 29.2 Å². The van der Waals surface area contributed by atoms with Crippen molar-refractivity contribution in [1.29, 1.82) is 0 Å². The molecule has 0 aliphatic carbocycles. The molecule has 0 saturated carbocycles. The fourth-order valence-electron chi connectivity index (χ4n) is 3.35. The van der Waals surface area contributed by atoms with Crippen molar-refractivity contribution in [2.75, 3.05) is 6.54 Å². The normalized spacial score (nSPS) is 26.1. The van der Waals surface area contributed by atoms with Crippen molar-refractivity contribution in [3.63, 3.8) is 0 Å². The quantitative estimate of drug-likeness (QED) is 0.861. The Hall–Kier alpha value is -2.08. The van der Waals surface area contributed by atoms with E-state index in [2.05, 4.69) is 10.6 Å². The van der Waals surface area contributed by atoms with Crippen molar-refractivity contribution in [2.45, 2.75) is 44.3 Å². The summed E-state index contributed by atoms with van der Waals surface area (Å²) in [5.74, 6) is -0.436. The van der Waals surface area contributed by atoms with E-state index in [9.17, 15) is 14.4 Å². The molecule has 1 aromatic carbocycles. The van der Waals surface area contributed by atoms with Gasteiger partial charge in [-0.15, -0.1) is 0 Å². The van der Waals surface area contributed by atoms with Crippen molar-refractivity contribution in [3.8, 4) is 0 Å². The standard InChI is InChI=1S/C17H20ClN3O3/c1-2-4-13-17(24)21-9-12(8-14(21)16(23)20-13)19-15(22)10-5-3-6-11(18)7-10/h3,5-7,12-14H,2,4,8-9H2,1H3,(H,19,22)(H,20,23)/t12-,13-,14-/m0/s1. The van der Waals surface area contributed by atoms with E-state index in [1.807, 2.05) is 6.92 Å². The van der Waals surface area contributed by atoms with Crippen LogP contribution in [0.4, 0.5) is 0 Å². The summed E-state index contributed by atoms with van der Waals surface area (Å²) in [4.78, 5) is 38.6. The summed E-state index contributed by atoms with van der Waals surface area (Å²) >= 11 is 5.90. The van der Waals surface area contributed by atoms with Crippen LogP contribution < -0.4 is 10.6 Å². The minimum absolute atomic E-state index is 0.0547. The molecule has 0 unspecified atom stereocenters. The number of nitrogens with one attached hydrogen (secondary N) is 2. The van der Waals surface area contributed by atoms with Gasteiger partial charge in [-0.1, -0.05) is 31.0 Å².